The molecule has 3 rings (SSSR count). The van der Waals surface area contributed by atoms with Crippen LogP contribution in [0.4, 0.5) is 4.79 Å². The topological polar surface area (TPSA) is 105 Å². The molecule has 0 bridgehead atoms. The lowest BCUT2D eigenvalue weighted by Crippen LogP contribution is -2.55. The largest absolute Gasteiger partial charge is 0.378 e. The lowest BCUT2D eigenvalue weighted by molar-refractivity contribution is -0.123. The number of ether oxygens (including phenoxy) is 1. The Hall–Kier alpha value is -2.91. The van der Waals surface area contributed by atoms with E-state index in [4.69, 9.17) is 4.74 Å². The molecule has 9 heteroatoms. The zero-order valence-electron chi connectivity index (χ0n) is 20.4. The normalized spacial score (nSPS) is 15.9. The van der Waals surface area contributed by atoms with E-state index in [1.165, 1.54) is 12.1 Å². The molecule has 190 valence electrons. The Morgan fingerprint density at radius 3 is 2.14 bits per heavy atom. The van der Waals surface area contributed by atoms with Crippen LogP contribution in [0.25, 0.3) is 0 Å². The van der Waals surface area contributed by atoms with Gasteiger partial charge in [-0.05, 0) is 42.9 Å². The molecule has 1 heterocycles. The molecule has 3 amide bonds. The van der Waals surface area contributed by atoms with Gasteiger partial charge in [-0.2, -0.15) is 0 Å². The molecule has 1 aliphatic rings. The van der Waals surface area contributed by atoms with Gasteiger partial charge < -0.3 is 20.3 Å². The van der Waals surface area contributed by atoms with Crippen LogP contribution >= 0.6 is 0 Å². The van der Waals surface area contributed by atoms with E-state index < -0.39 is 27.2 Å². The molecule has 0 aromatic heterocycles. The summed E-state index contributed by atoms with van der Waals surface area (Å²) in [6.07, 6.45) is 1.07. The third-order valence-corrected chi connectivity index (χ3v) is 7.94. The molecule has 0 radical (unpaired) electrons. The molecule has 0 aliphatic carbocycles. The average Bonchev–Trinajstić information content (AvgIpc) is 2.87. The van der Waals surface area contributed by atoms with Crippen molar-refractivity contribution in [2.24, 2.45) is 5.92 Å². The van der Waals surface area contributed by atoms with E-state index in [9.17, 15) is 18.0 Å². The van der Waals surface area contributed by atoms with E-state index in [0.717, 1.165) is 5.56 Å². The number of hydrogen-bond donors (Lipinski definition) is 2. The van der Waals surface area contributed by atoms with Gasteiger partial charge in [0.2, 0.25) is 5.91 Å². The predicted octanol–water partition coefficient (Wildman–Crippen LogP) is 2.99. The van der Waals surface area contributed by atoms with Crippen molar-refractivity contribution in [1.29, 1.82) is 0 Å². The minimum atomic E-state index is -3.85. The minimum Gasteiger partial charge on any atom is -0.378 e. The van der Waals surface area contributed by atoms with Crippen molar-refractivity contribution in [1.82, 2.24) is 15.5 Å². The first kappa shape index (κ1) is 26.7. The molecule has 1 fully saturated rings. The van der Waals surface area contributed by atoms with E-state index in [1.807, 2.05) is 44.2 Å². The molecule has 35 heavy (non-hydrogen) atoms. The molecule has 1 saturated heterocycles. The predicted molar refractivity (Wildman–Crippen MR) is 134 cm³/mol. The maximum Gasteiger partial charge on any atom is 0.318 e. The second-order valence-corrected chi connectivity index (χ2v) is 11.2. The Morgan fingerprint density at radius 2 is 1.54 bits per heavy atom. The Balaban J connectivity index is 1.79. The number of urea groups is 1. The zero-order valence-corrected chi connectivity index (χ0v) is 21.2. The molecule has 1 aliphatic heterocycles. The van der Waals surface area contributed by atoms with Gasteiger partial charge in [0.05, 0.1) is 18.1 Å². The summed E-state index contributed by atoms with van der Waals surface area (Å²) in [4.78, 5) is 27.9. The third-order valence-electron chi connectivity index (χ3n) is 5.91. The van der Waals surface area contributed by atoms with Gasteiger partial charge in [0.25, 0.3) is 0 Å². The van der Waals surface area contributed by atoms with E-state index in [0.29, 0.717) is 39.1 Å². The minimum absolute atomic E-state index is 0.115. The maximum absolute atomic E-state index is 13.5. The summed E-state index contributed by atoms with van der Waals surface area (Å²) in [5.74, 6) is -0.387. The van der Waals surface area contributed by atoms with Crippen molar-refractivity contribution in [2.75, 3.05) is 26.3 Å². The highest BCUT2D eigenvalue weighted by atomic mass is 32.2. The molecule has 0 spiro atoms. The average molecular weight is 502 g/mol. The number of rotatable bonds is 10. The van der Waals surface area contributed by atoms with Gasteiger partial charge in [-0.15, -0.1) is 0 Å². The standard InChI is InChI=1S/C26H35N3O5S/c1-20(2)19-23(27-26(31)29-15-17-34-18-16-29)25(30)28-24(14-13-21-9-5-3-6-10-21)35(32,33)22-11-7-4-8-12-22/h3-12,20,23-24H,13-19H2,1-2H3,(H,27,31)(H,28,30)/t23-,24?/m0/s1. The molecule has 2 aromatic carbocycles. The lowest BCUT2D eigenvalue weighted by Gasteiger charge is -2.30. The molecule has 2 atom stereocenters. The van der Waals surface area contributed by atoms with Crippen molar-refractivity contribution in [3.8, 4) is 0 Å². The van der Waals surface area contributed by atoms with Crippen LogP contribution in [0.1, 0.15) is 32.3 Å². The number of sulfone groups is 1. The number of amides is 3. The highest BCUT2D eigenvalue weighted by molar-refractivity contribution is 7.92. The molecular weight excluding hydrogens is 466 g/mol. The zero-order chi connectivity index (χ0) is 25.3. The fourth-order valence-electron chi connectivity index (χ4n) is 3.99. The Morgan fingerprint density at radius 1 is 0.943 bits per heavy atom. The third kappa shape index (κ3) is 7.80. The molecular formula is C26H35N3O5S. The van der Waals surface area contributed by atoms with Crippen LogP contribution in [0.5, 0.6) is 0 Å². The number of nitrogens with one attached hydrogen (secondary N) is 2. The molecule has 2 aromatic rings. The summed E-state index contributed by atoms with van der Waals surface area (Å²) < 4.78 is 32.3. The summed E-state index contributed by atoms with van der Waals surface area (Å²) >= 11 is 0. The Bertz CT molecular complexity index is 1050. The van der Waals surface area contributed by atoms with E-state index in [2.05, 4.69) is 10.6 Å². The van der Waals surface area contributed by atoms with Crippen LogP contribution in [0.2, 0.25) is 0 Å². The van der Waals surface area contributed by atoms with Crippen LogP contribution in [-0.2, 0) is 25.8 Å². The lowest BCUT2D eigenvalue weighted by atomic mass is 10.0. The number of benzene rings is 2. The smallest absolute Gasteiger partial charge is 0.318 e. The molecule has 8 nitrogen and oxygen atoms in total. The molecule has 0 saturated carbocycles. The van der Waals surface area contributed by atoms with Gasteiger partial charge in [0.15, 0.2) is 9.84 Å². The summed E-state index contributed by atoms with van der Waals surface area (Å²) in [5, 5.41) is 4.44. The number of carbonyl (C=O) groups is 2. The fraction of sp³-hybridized carbons (Fsp3) is 0.462. The number of nitrogens with zero attached hydrogens (tertiary/aromatic N) is 1. The first-order chi connectivity index (χ1) is 16.8. The monoisotopic (exact) mass is 501 g/mol. The first-order valence-corrected chi connectivity index (χ1v) is 13.6. The molecule has 1 unspecified atom stereocenters. The first-order valence-electron chi connectivity index (χ1n) is 12.0. The number of hydrogen-bond acceptors (Lipinski definition) is 5. The SMILES string of the molecule is CC(C)C[C@H](NC(=O)N1CCOCC1)C(=O)NC(CCc1ccccc1)S(=O)(=O)c1ccccc1. The summed E-state index contributed by atoms with van der Waals surface area (Å²) in [5.41, 5.74) is 0.981. The van der Waals surface area contributed by atoms with Gasteiger partial charge in [0, 0.05) is 13.1 Å². The van der Waals surface area contributed by atoms with E-state index >= 15 is 0 Å². The highest BCUT2D eigenvalue weighted by Crippen LogP contribution is 2.19. The van der Waals surface area contributed by atoms with Gasteiger partial charge >= 0.3 is 6.03 Å². The van der Waals surface area contributed by atoms with Crippen LogP contribution in [0, 0.1) is 5.92 Å². The van der Waals surface area contributed by atoms with Gasteiger partial charge in [-0.3, -0.25) is 4.79 Å². The van der Waals surface area contributed by atoms with Crippen molar-refractivity contribution >= 4 is 21.8 Å². The summed E-state index contributed by atoms with van der Waals surface area (Å²) in [6, 6.07) is 16.5. The fourth-order valence-corrected chi connectivity index (χ4v) is 5.56. The second kappa shape index (κ2) is 12.7. The second-order valence-electron chi connectivity index (χ2n) is 9.11. The van der Waals surface area contributed by atoms with Crippen LogP contribution in [-0.4, -0.2) is 63.0 Å². The van der Waals surface area contributed by atoms with Crippen molar-refractivity contribution in [2.45, 2.75) is 49.4 Å². The van der Waals surface area contributed by atoms with Gasteiger partial charge in [-0.1, -0.05) is 62.4 Å². The van der Waals surface area contributed by atoms with E-state index in [1.54, 1.807) is 23.1 Å². The van der Waals surface area contributed by atoms with Crippen LogP contribution in [0.3, 0.4) is 0 Å². The summed E-state index contributed by atoms with van der Waals surface area (Å²) in [7, 11) is -3.85. The maximum atomic E-state index is 13.5. The van der Waals surface area contributed by atoms with E-state index in [-0.39, 0.29) is 23.3 Å². The van der Waals surface area contributed by atoms with Crippen molar-refractivity contribution < 1.29 is 22.7 Å². The van der Waals surface area contributed by atoms with Gasteiger partial charge in [0.1, 0.15) is 11.4 Å². The number of morpholine rings is 1. The van der Waals surface area contributed by atoms with Crippen LogP contribution < -0.4 is 10.6 Å². The quantitative estimate of drug-likeness (QED) is 0.521. The van der Waals surface area contributed by atoms with Crippen LogP contribution in [0.15, 0.2) is 65.6 Å². The Labute approximate surface area is 208 Å². The van der Waals surface area contributed by atoms with Crippen molar-refractivity contribution in [3.63, 3.8) is 0 Å². The molecule has 2 N–H and O–H groups in total. The van der Waals surface area contributed by atoms with Crippen molar-refractivity contribution in [3.05, 3.63) is 66.2 Å². The Kier molecular flexibility index (Phi) is 9.68. The number of carbonyl (C=O) groups excluding carboxylic acids is 2. The number of aryl methyl sites for hydroxylation is 1. The highest BCUT2D eigenvalue weighted by Gasteiger charge is 2.32. The van der Waals surface area contributed by atoms with Gasteiger partial charge in [-0.25, -0.2) is 13.2 Å². The summed E-state index contributed by atoms with van der Waals surface area (Å²) in [6.45, 7) is 5.70.